The molecule has 3 aromatic rings. The first kappa shape index (κ1) is 14.3. The van der Waals surface area contributed by atoms with Crippen molar-refractivity contribution in [1.82, 2.24) is 4.98 Å². The normalized spacial score (nSPS) is 15.2. The Bertz CT molecular complexity index is 825. The minimum absolute atomic E-state index is 0.795. The molecule has 1 aliphatic rings. The maximum absolute atomic E-state index is 6.10. The Kier molecular flexibility index (Phi) is 3.80. The molecule has 23 heavy (non-hydrogen) atoms. The minimum Gasteiger partial charge on any atom is -0.368 e. The number of anilines is 2. The Balaban J connectivity index is 1.50. The molecule has 0 saturated carbocycles. The number of aromatic nitrogens is 1. The molecule has 0 spiro atoms. The van der Waals surface area contributed by atoms with E-state index in [2.05, 4.69) is 45.1 Å². The van der Waals surface area contributed by atoms with E-state index in [4.69, 9.17) is 11.6 Å². The number of benzene rings is 2. The summed E-state index contributed by atoms with van der Waals surface area (Å²) in [7, 11) is 0. The highest BCUT2D eigenvalue weighted by Crippen LogP contribution is 2.24. The van der Waals surface area contributed by atoms with E-state index in [9.17, 15) is 0 Å². The van der Waals surface area contributed by atoms with Gasteiger partial charge in [0.2, 0.25) is 0 Å². The van der Waals surface area contributed by atoms with Crippen LogP contribution in [-0.4, -0.2) is 31.2 Å². The van der Waals surface area contributed by atoms with Gasteiger partial charge in [0.15, 0.2) is 0 Å². The molecule has 0 unspecified atom stereocenters. The summed E-state index contributed by atoms with van der Waals surface area (Å²) in [6.07, 6.45) is 1.98. The largest absolute Gasteiger partial charge is 0.368 e. The van der Waals surface area contributed by atoms with Crippen molar-refractivity contribution in [3.63, 3.8) is 0 Å². The number of rotatable bonds is 2. The van der Waals surface area contributed by atoms with Crippen molar-refractivity contribution in [1.29, 1.82) is 0 Å². The number of pyridine rings is 1. The second kappa shape index (κ2) is 6.09. The van der Waals surface area contributed by atoms with Crippen LogP contribution in [0.4, 0.5) is 11.4 Å². The van der Waals surface area contributed by atoms with Crippen molar-refractivity contribution >= 4 is 33.9 Å². The minimum atomic E-state index is 0.795. The summed E-state index contributed by atoms with van der Waals surface area (Å²) >= 11 is 6.10. The van der Waals surface area contributed by atoms with E-state index in [1.807, 2.05) is 30.5 Å². The fourth-order valence-corrected chi connectivity index (χ4v) is 3.31. The van der Waals surface area contributed by atoms with Gasteiger partial charge in [-0.15, -0.1) is 0 Å². The third-order valence-corrected chi connectivity index (χ3v) is 4.63. The number of piperazine rings is 1. The maximum atomic E-state index is 6.10. The Hall–Kier alpha value is -2.26. The van der Waals surface area contributed by atoms with Gasteiger partial charge in [0.05, 0.1) is 17.4 Å². The third kappa shape index (κ3) is 2.97. The quantitative estimate of drug-likeness (QED) is 0.704. The third-order valence-electron chi connectivity index (χ3n) is 4.39. The van der Waals surface area contributed by atoms with Crippen LogP contribution in [0.2, 0.25) is 5.02 Å². The molecule has 3 nitrogen and oxygen atoms in total. The van der Waals surface area contributed by atoms with E-state index < -0.39 is 0 Å². The smallest absolute Gasteiger partial charge is 0.0703 e. The Morgan fingerprint density at radius 1 is 0.783 bits per heavy atom. The van der Waals surface area contributed by atoms with Crippen LogP contribution in [0.25, 0.3) is 10.9 Å². The molecular weight excluding hydrogens is 306 g/mol. The van der Waals surface area contributed by atoms with Gasteiger partial charge < -0.3 is 9.80 Å². The first-order valence-electron chi connectivity index (χ1n) is 7.90. The van der Waals surface area contributed by atoms with Gasteiger partial charge in [0.1, 0.15) is 0 Å². The van der Waals surface area contributed by atoms with E-state index in [0.29, 0.717) is 0 Å². The summed E-state index contributed by atoms with van der Waals surface area (Å²) in [6, 6.07) is 18.6. The zero-order chi connectivity index (χ0) is 15.6. The molecule has 2 aromatic carbocycles. The lowest BCUT2D eigenvalue weighted by atomic mass is 10.2. The molecule has 1 aliphatic heterocycles. The zero-order valence-corrected chi connectivity index (χ0v) is 13.6. The maximum Gasteiger partial charge on any atom is 0.0703 e. The topological polar surface area (TPSA) is 19.4 Å². The first-order chi connectivity index (χ1) is 11.3. The number of hydrogen-bond donors (Lipinski definition) is 0. The van der Waals surface area contributed by atoms with E-state index in [1.165, 1.54) is 16.8 Å². The molecule has 0 N–H and O–H groups in total. The molecule has 116 valence electrons. The molecule has 0 atom stereocenters. The molecule has 0 radical (unpaired) electrons. The summed E-state index contributed by atoms with van der Waals surface area (Å²) < 4.78 is 0. The molecule has 4 heteroatoms. The van der Waals surface area contributed by atoms with Crippen molar-refractivity contribution in [2.24, 2.45) is 0 Å². The molecular formula is C19H18ClN3. The van der Waals surface area contributed by atoms with Crippen molar-refractivity contribution in [3.05, 3.63) is 65.8 Å². The average Bonchev–Trinajstić information content (AvgIpc) is 2.61. The zero-order valence-electron chi connectivity index (χ0n) is 12.8. The molecule has 1 aromatic heterocycles. The molecule has 1 fully saturated rings. The van der Waals surface area contributed by atoms with Crippen LogP contribution in [0.15, 0.2) is 60.8 Å². The summed E-state index contributed by atoms with van der Waals surface area (Å²) in [5, 5.41) is 1.99. The Morgan fingerprint density at radius 3 is 2.30 bits per heavy atom. The first-order valence-corrected chi connectivity index (χ1v) is 8.28. The molecule has 0 amide bonds. The second-order valence-electron chi connectivity index (χ2n) is 5.84. The van der Waals surface area contributed by atoms with Crippen LogP contribution in [0.5, 0.6) is 0 Å². The summed E-state index contributed by atoms with van der Waals surface area (Å²) in [5.74, 6) is 0. The summed E-state index contributed by atoms with van der Waals surface area (Å²) in [6.45, 7) is 3.97. The van der Waals surface area contributed by atoms with E-state index in [-0.39, 0.29) is 0 Å². The second-order valence-corrected chi connectivity index (χ2v) is 6.28. The van der Waals surface area contributed by atoms with Crippen molar-refractivity contribution in [3.8, 4) is 0 Å². The fourth-order valence-electron chi connectivity index (χ4n) is 3.13. The van der Waals surface area contributed by atoms with Gasteiger partial charge in [0, 0.05) is 42.3 Å². The van der Waals surface area contributed by atoms with Crippen LogP contribution >= 0.6 is 11.6 Å². The number of para-hydroxylation sites is 1. The molecule has 4 rings (SSSR count). The number of halogens is 1. The standard InChI is InChI=1S/C19H18ClN3/c20-16-5-3-6-17(13-16)22-8-10-23(11-9-22)18-12-15-4-1-2-7-19(15)21-14-18/h1-7,12-14H,8-11H2. The summed E-state index contributed by atoms with van der Waals surface area (Å²) in [4.78, 5) is 9.36. The molecule has 1 saturated heterocycles. The van der Waals surface area contributed by atoms with Crippen molar-refractivity contribution in [2.45, 2.75) is 0 Å². The SMILES string of the molecule is Clc1cccc(N2CCN(c3cnc4ccccc4c3)CC2)c1. The highest BCUT2D eigenvalue weighted by atomic mass is 35.5. The molecule has 0 bridgehead atoms. The predicted octanol–water partition coefficient (Wildman–Crippen LogP) is 4.21. The van der Waals surface area contributed by atoms with E-state index >= 15 is 0 Å². The number of hydrogen-bond acceptors (Lipinski definition) is 3. The van der Waals surface area contributed by atoms with E-state index in [0.717, 1.165) is 36.7 Å². The van der Waals surface area contributed by atoms with Crippen LogP contribution in [0.1, 0.15) is 0 Å². The Labute approximate surface area is 141 Å². The van der Waals surface area contributed by atoms with Gasteiger partial charge in [0.25, 0.3) is 0 Å². The monoisotopic (exact) mass is 323 g/mol. The van der Waals surface area contributed by atoms with Crippen LogP contribution in [0.3, 0.4) is 0 Å². The predicted molar refractivity (Wildman–Crippen MR) is 97.6 cm³/mol. The van der Waals surface area contributed by atoms with Gasteiger partial charge in [-0.3, -0.25) is 4.98 Å². The van der Waals surface area contributed by atoms with Gasteiger partial charge in [-0.05, 0) is 30.3 Å². The van der Waals surface area contributed by atoms with Crippen LogP contribution in [0, 0.1) is 0 Å². The van der Waals surface area contributed by atoms with Gasteiger partial charge in [-0.2, -0.15) is 0 Å². The van der Waals surface area contributed by atoms with Gasteiger partial charge in [-0.25, -0.2) is 0 Å². The lowest BCUT2D eigenvalue weighted by molar-refractivity contribution is 0.653. The lowest BCUT2D eigenvalue weighted by Gasteiger charge is -2.37. The number of fused-ring (bicyclic) bond motifs is 1. The molecule has 0 aliphatic carbocycles. The lowest BCUT2D eigenvalue weighted by Crippen LogP contribution is -2.46. The van der Waals surface area contributed by atoms with Crippen molar-refractivity contribution < 1.29 is 0 Å². The highest BCUT2D eigenvalue weighted by molar-refractivity contribution is 6.30. The number of nitrogens with zero attached hydrogens (tertiary/aromatic N) is 3. The van der Waals surface area contributed by atoms with Gasteiger partial charge in [-0.1, -0.05) is 35.9 Å². The summed E-state index contributed by atoms with van der Waals surface area (Å²) in [5.41, 5.74) is 3.46. The van der Waals surface area contributed by atoms with Gasteiger partial charge >= 0.3 is 0 Å². The fraction of sp³-hybridized carbons (Fsp3) is 0.211. The average molecular weight is 324 g/mol. The van der Waals surface area contributed by atoms with Crippen molar-refractivity contribution in [2.75, 3.05) is 36.0 Å². The highest BCUT2D eigenvalue weighted by Gasteiger charge is 2.18. The van der Waals surface area contributed by atoms with Crippen LogP contribution in [-0.2, 0) is 0 Å². The Morgan fingerprint density at radius 2 is 1.52 bits per heavy atom. The van der Waals surface area contributed by atoms with Crippen LogP contribution < -0.4 is 9.80 Å². The molecule has 2 heterocycles. The van der Waals surface area contributed by atoms with E-state index in [1.54, 1.807) is 0 Å².